The van der Waals surface area contributed by atoms with Crippen LogP contribution in [0, 0.1) is 0 Å². The first-order chi connectivity index (χ1) is 15.6. The molecule has 0 saturated carbocycles. The third kappa shape index (κ3) is 7.47. The van der Waals surface area contributed by atoms with Crippen LogP contribution in [0.5, 0.6) is 5.75 Å². The summed E-state index contributed by atoms with van der Waals surface area (Å²) in [5.41, 5.74) is 3.06. The predicted molar refractivity (Wildman–Crippen MR) is 128 cm³/mol. The summed E-state index contributed by atoms with van der Waals surface area (Å²) >= 11 is 0. The zero-order valence-corrected chi connectivity index (χ0v) is 18.3. The van der Waals surface area contributed by atoms with E-state index in [2.05, 4.69) is 22.9 Å². The van der Waals surface area contributed by atoms with Crippen LogP contribution in [0.1, 0.15) is 35.7 Å². The summed E-state index contributed by atoms with van der Waals surface area (Å²) in [5.74, 6) is 0.435. The average Bonchev–Trinajstić information content (AvgIpc) is 2.83. The van der Waals surface area contributed by atoms with Gasteiger partial charge < -0.3 is 20.7 Å². The molecular formula is C26H29N3O3. The van der Waals surface area contributed by atoms with Crippen molar-refractivity contribution in [1.29, 1.82) is 0 Å². The SMILES string of the molecule is CCCCOc1cccc(NC(=O)CNc2ccc(C(=O)NCc3ccccc3)cc2)c1. The van der Waals surface area contributed by atoms with Crippen LogP contribution in [0.4, 0.5) is 11.4 Å². The van der Waals surface area contributed by atoms with Crippen molar-refractivity contribution in [1.82, 2.24) is 5.32 Å². The van der Waals surface area contributed by atoms with Crippen molar-refractivity contribution >= 4 is 23.2 Å². The van der Waals surface area contributed by atoms with Gasteiger partial charge in [0.1, 0.15) is 5.75 Å². The van der Waals surface area contributed by atoms with Crippen molar-refractivity contribution in [2.75, 3.05) is 23.8 Å². The standard InChI is InChI=1S/C26H29N3O3/c1-2-3-16-32-24-11-7-10-23(17-24)29-25(30)19-27-22-14-12-21(13-15-22)26(31)28-18-20-8-5-4-6-9-20/h4-15,17,27H,2-3,16,18-19H2,1H3,(H,28,31)(H,29,30). The van der Waals surface area contributed by atoms with E-state index in [9.17, 15) is 9.59 Å². The molecule has 0 spiro atoms. The molecule has 166 valence electrons. The molecule has 32 heavy (non-hydrogen) atoms. The Morgan fingerprint density at radius 2 is 1.66 bits per heavy atom. The van der Waals surface area contributed by atoms with Gasteiger partial charge in [-0.3, -0.25) is 9.59 Å². The van der Waals surface area contributed by atoms with Crippen molar-refractivity contribution in [3.63, 3.8) is 0 Å². The summed E-state index contributed by atoms with van der Waals surface area (Å²) in [5, 5.41) is 8.83. The number of amides is 2. The topological polar surface area (TPSA) is 79.5 Å². The number of unbranched alkanes of at least 4 members (excludes halogenated alkanes) is 1. The monoisotopic (exact) mass is 431 g/mol. The van der Waals surface area contributed by atoms with E-state index in [1.807, 2.05) is 54.6 Å². The van der Waals surface area contributed by atoms with Crippen LogP contribution < -0.4 is 20.7 Å². The minimum Gasteiger partial charge on any atom is -0.494 e. The van der Waals surface area contributed by atoms with Crippen LogP contribution >= 0.6 is 0 Å². The quantitative estimate of drug-likeness (QED) is 0.379. The summed E-state index contributed by atoms with van der Waals surface area (Å²) in [6, 6.07) is 24.2. The highest BCUT2D eigenvalue weighted by molar-refractivity contribution is 5.95. The fourth-order valence-electron chi connectivity index (χ4n) is 3.01. The van der Waals surface area contributed by atoms with E-state index in [1.165, 1.54) is 0 Å². The first-order valence-electron chi connectivity index (χ1n) is 10.8. The molecule has 0 aliphatic rings. The molecule has 3 aromatic rings. The normalized spacial score (nSPS) is 10.3. The lowest BCUT2D eigenvalue weighted by atomic mass is 10.1. The van der Waals surface area contributed by atoms with Gasteiger partial charge >= 0.3 is 0 Å². The number of anilines is 2. The highest BCUT2D eigenvalue weighted by atomic mass is 16.5. The minimum atomic E-state index is -0.166. The molecule has 0 bridgehead atoms. The van der Waals surface area contributed by atoms with Crippen molar-refractivity contribution in [2.45, 2.75) is 26.3 Å². The van der Waals surface area contributed by atoms with Gasteiger partial charge in [0.15, 0.2) is 0 Å². The Morgan fingerprint density at radius 1 is 0.875 bits per heavy atom. The molecule has 0 fully saturated rings. The third-order valence-electron chi connectivity index (χ3n) is 4.78. The van der Waals surface area contributed by atoms with Gasteiger partial charge in [-0.2, -0.15) is 0 Å². The van der Waals surface area contributed by atoms with E-state index in [-0.39, 0.29) is 18.4 Å². The summed E-state index contributed by atoms with van der Waals surface area (Å²) in [7, 11) is 0. The molecule has 0 unspecified atom stereocenters. The lowest BCUT2D eigenvalue weighted by Gasteiger charge is -2.10. The minimum absolute atomic E-state index is 0.112. The van der Waals surface area contributed by atoms with Crippen LogP contribution in [-0.4, -0.2) is 25.0 Å². The van der Waals surface area contributed by atoms with Gasteiger partial charge in [-0.1, -0.05) is 49.7 Å². The molecule has 0 aliphatic carbocycles. The number of hydrogen-bond acceptors (Lipinski definition) is 4. The summed E-state index contributed by atoms with van der Waals surface area (Å²) in [6.07, 6.45) is 2.06. The number of hydrogen-bond donors (Lipinski definition) is 3. The summed E-state index contributed by atoms with van der Waals surface area (Å²) < 4.78 is 5.67. The van der Waals surface area contributed by atoms with Crippen LogP contribution in [0.2, 0.25) is 0 Å². The first kappa shape index (κ1) is 22.9. The van der Waals surface area contributed by atoms with Gasteiger partial charge in [0.05, 0.1) is 13.2 Å². The van der Waals surface area contributed by atoms with Crippen LogP contribution in [0.15, 0.2) is 78.9 Å². The van der Waals surface area contributed by atoms with Gasteiger partial charge in [0.25, 0.3) is 5.91 Å². The lowest BCUT2D eigenvalue weighted by molar-refractivity contribution is -0.114. The molecule has 6 heteroatoms. The number of rotatable bonds is 11. The molecule has 3 aromatic carbocycles. The smallest absolute Gasteiger partial charge is 0.251 e. The molecule has 2 amide bonds. The van der Waals surface area contributed by atoms with Gasteiger partial charge in [0, 0.05) is 29.5 Å². The molecular weight excluding hydrogens is 402 g/mol. The average molecular weight is 432 g/mol. The Kier molecular flexibility index (Phi) is 8.69. The van der Waals surface area contributed by atoms with E-state index in [0.29, 0.717) is 24.4 Å². The van der Waals surface area contributed by atoms with E-state index in [4.69, 9.17) is 4.74 Å². The Labute approximate surface area is 189 Å². The van der Waals surface area contributed by atoms with E-state index >= 15 is 0 Å². The number of benzene rings is 3. The maximum atomic E-state index is 12.3. The van der Waals surface area contributed by atoms with Gasteiger partial charge in [-0.15, -0.1) is 0 Å². The second-order valence-electron chi connectivity index (χ2n) is 7.38. The molecule has 0 atom stereocenters. The lowest BCUT2D eigenvalue weighted by Crippen LogP contribution is -2.23. The highest BCUT2D eigenvalue weighted by Crippen LogP contribution is 2.18. The Morgan fingerprint density at radius 3 is 2.41 bits per heavy atom. The van der Waals surface area contributed by atoms with Gasteiger partial charge in [-0.05, 0) is 48.4 Å². The van der Waals surface area contributed by atoms with E-state index in [1.54, 1.807) is 24.3 Å². The number of carbonyl (C=O) groups excluding carboxylic acids is 2. The largest absolute Gasteiger partial charge is 0.494 e. The fourth-order valence-corrected chi connectivity index (χ4v) is 3.01. The second-order valence-corrected chi connectivity index (χ2v) is 7.38. The maximum absolute atomic E-state index is 12.3. The van der Waals surface area contributed by atoms with Crippen LogP contribution in [-0.2, 0) is 11.3 Å². The predicted octanol–water partition coefficient (Wildman–Crippen LogP) is 4.85. The maximum Gasteiger partial charge on any atom is 0.251 e. The number of nitrogens with one attached hydrogen (secondary N) is 3. The number of ether oxygens (including phenoxy) is 1. The zero-order chi connectivity index (χ0) is 22.6. The van der Waals surface area contributed by atoms with Gasteiger partial charge in [-0.25, -0.2) is 0 Å². The zero-order valence-electron chi connectivity index (χ0n) is 18.3. The van der Waals surface area contributed by atoms with E-state index < -0.39 is 0 Å². The number of carbonyl (C=O) groups is 2. The Hall–Kier alpha value is -3.80. The van der Waals surface area contributed by atoms with Crippen molar-refractivity contribution in [3.05, 3.63) is 90.0 Å². The van der Waals surface area contributed by atoms with Crippen LogP contribution in [0.25, 0.3) is 0 Å². The molecule has 0 radical (unpaired) electrons. The summed E-state index contributed by atoms with van der Waals surface area (Å²) in [6.45, 7) is 3.36. The molecule has 3 rings (SSSR count). The second kappa shape index (κ2) is 12.2. The Bertz CT molecular complexity index is 1000. The molecule has 0 aliphatic heterocycles. The van der Waals surface area contributed by atoms with Gasteiger partial charge in [0.2, 0.25) is 5.91 Å². The molecule has 0 heterocycles. The molecule has 0 saturated heterocycles. The van der Waals surface area contributed by atoms with Crippen molar-refractivity contribution in [3.8, 4) is 5.75 Å². The molecule has 3 N–H and O–H groups in total. The molecule has 0 aromatic heterocycles. The summed E-state index contributed by atoms with van der Waals surface area (Å²) in [4.78, 5) is 24.6. The van der Waals surface area contributed by atoms with Crippen LogP contribution in [0.3, 0.4) is 0 Å². The first-order valence-corrected chi connectivity index (χ1v) is 10.8. The van der Waals surface area contributed by atoms with Crippen molar-refractivity contribution < 1.29 is 14.3 Å². The Balaban J connectivity index is 1.44. The van der Waals surface area contributed by atoms with E-state index in [0.717, 1.165) is 29.8 Å². The third-order valence-corrected chi connectivity index (χ3v) is 4.78. The molecule has 6 nitrogen and oxygen atoms in total. The van der Waals surface area contributed by atoms with Crippen molar-refractivity contribution in [2.24, 2.45) is 0 Å². The fraction of sp³-hybridized carbons (Fsp3) is 0.231. The highest BCUT2D eigenvalue weighted by Gasteiger charge is 2.07.